The van der Waals surface area contributed by atoms with E-state index in [1.165, 1.54) is 24.3 Å². The summed E-state index contributed by atoms with van der Waals surface area (Å²) in [5, 5.41) is 13.2. The van der Waals surface area contributed by atoms with Crippen molar-refractivity contribution in [3.05, 3.63) is 144 Å². The number of rotatable bonds is 16. The summed E-state index contributed by atoms with van der Waals surface area (Å²) in [6, 6.07) is 34.2. The number of carbonyl (C=O) groups excluding carboxylic acids is 3. The van der Waals surface area contributed by atoms with E-state index in [0.29, 0.717) is 6.54 Å². The summed E-state index contributed by atoms with van der Waals surface area (Å²) in [4.78, 5) is 51.8. The molecule has 3 atom stereocenters. The molecule has 232 valence electrons. The van der Waals surface area contributed by atoms with Gasteiger partial charge in [0.15, 0.2) is 0 Å². The fraction of sp³-hybridized carbons (Fsp3) is 0.200. The van der Waals surface area contributed by atoms with Crippen molar-refractivity contribution in [1.82, 2.24) is 5.32 Å². The summed E-state index contributed by atoms with van der Waals surface area (Å²) < 4.78 is 22.1. The first-order valence-electron chi connectivity index (χ1n) is 14.2. The molecule has 0 aliphatic heterocycles. The fourth-order valence-corrected chi connectivity index (χ4v) is 4.21. The third kappa shape index (κ3) is 10.4. The van der Waals surface area contributed by atoms with Crippen LogP contribution in [0.25, 0.3) is 0 Å². The van der Waals surface area contributed by atoms with Crippen LogP contribution in [-0.2, 0) is 41.7 Å². The quantitative estimate of drug-likeness (QED) is 0.138. The predicted octanol–water partition coefficient (Wildman–Crippen LogP) is 4.44. The van der Waals surface area contributed by atoms with Gasteiger partial charge in [0.1, 0.15) is 6.10 Å². The van der Waals surface area contributed by atoms with Crippen LogP contribution in [0.2, 0.25) is 0 Å². The molecule has 0 heterocycles. The molecule has 0 saturated heterocycles. The number of carboxylic acids is 1. The van der Waals surface area contributed by atoms with E-state index < -0.39 is 42.2 Å². The van der Waals surface area contributed by atoms with Gasteiger partial charge in [0.05, 0.1) is 24.3 Å². The van der Waals surface area contributed by atoms with Gasteiger partial charge in [0.2, 0.25) is 12.2 Å². The van der Waals surface area contributed by atoms with Crippen molar-refractivity contribution in [1.29, 1.82) is 0 Å². The Morgan fingerprint density at radius 1 is 0.600 bits per heavy atom. The Morgan fingerprint density at radius 3 is 1.58 bits per heavy atom. The number of carbonyl (C=O) groups is 4. The Balaban J connectivity index is 1.53. The van der Waals surface area contributed by atoms with Gasteiger partial charge in [0, 0.05) is 13.1 Å². The zero-order chi connectivity index (χ0) is 31.9. The highest BCUT2D eigenvalue weighted by Gasteiger charge is 2.43. The van der Waals surface area contributed by atoms with Crippen LogP contribution in [0.1, 0.15) is 31.8 Å². The van der Waals surface area contributed by atoms with E-state index in [9.17, 15) is 24.3 Å². The standard InChI is InChI=1S/C35H33NO9/c37-32(38)30(44-33(39)27-17-9-3-10-18-27)31(45-34(40)28-19-11-4-12-20-28)35(41)43-29(22-36-21-25-13-5-1-6-14-25)24-42-23-26-15-7-2-8-16-26/h1-20,29-31,36H,21-24H2,(H,37,38). The number of nitrogens with one attached hydrogen (secondary N) is 1. The summed E-state index contributed by atoms with van der Waals surface area (Å²) in [6.45, 7) is 0.735. The average molecular weight is 612 g/mol. The normalized spacial score (nSPS) is 12.7. The second-order valence-corrected chi connectivity index (χ2v) is 9.90. The molecule has 4 aromatic rings. The number of ether oxygens (including phenoxy) is 4. The van der Waals surface area contributed by atoms with E-state index in [1.54, 1.807) is 36.4 Å². The van der Waals surface area contributed by atoms with Gasteiger partial charge in [-0.3, -0.25) is 0 Å². The predicted molar refractivity (Wildman–Crippen MR) is 163 cm³/mol. The van der Waals surface area contributed by atoms with Gasteiger partial charge in [-0.25, -0.2) is 19.2 Å². The molecule has 0 spiro atoms. The van der Waals surface area contributed by atoms with Crippen LogP contribution in [0.15, 0.2) is 121 Å². The lowest BCUT2D eigenvalue weighted by atomic mass is 10.1. The molecule has 0 aromatic heterocycles. The summed E-state index contributed by atoms with van der Waals surface area (Å²) >= 11 is 0. The highest BCUT2D eigenvalue weighted by molar-refractivity contribution is 5.95. The molecular formula is C35H33NO9. The number of hydrogen-bond donors (Lipinski definition) is 2. The van der Waals surface area contributed by atoms with E-state index in [1.807, 2.05) is 60.7 Å². The van der Waals surface area contributed by atoms with Gasteiger partial charge in [-0.2, -0.15) is 0 Å². The highest BCUT2D eigenvalue weighted by atomic mass is 16.6. The average Bonchev–Trinajstić information content (AvgIpc) is 3.07. The molecule has 0 amide bonds. The largest absolute Gasteiger partial charge is 0.478 e. The lowest BCUT2D eigenvalue weighted by molar-refractivity contribution is -0.176. The molecule has 10 heteroatoms. The number of aliphatic carboxylic acids is 1. The first-order chi connectivity index (χ1) is 21.9. The Hall–Kier alpha value is -5.32. The van der Waals surface area contributed by atoms with Crippen molar-refractivity contribution in [2.24, 2.45) is 0 Å². The molecule has 0 aliphatic rings. The third-order valence-corrected chi connectivity index (χ3v) is 6.48. The minimum atomic E-state index is -2.21. The van der Waals surface area contributed by atoms with Crippen LogP contribution in [0.5, 0.6) is 0 Å². The van der Waals surface area contributed by atoms with Crippen molar-refractivity contribution in [3.63, 3.8) is 0 Å². The number of hydrogen-bond acceptors (Lipinski definition) is 9. The molecule has 0 bridgehead atoms. The van der Waals surface area contributed by atoms with Crippen LogP contribution in [0, 0.1) is 0 Å². The fourth-order valence-electron chi connectivity index (χ4n) is 4.21. The van der Waals surface area contributed by atoms with E-state index in [2.05, 4.69) is 5.32 Å². The van der Waals surface area contributed by atoms with Crippen LogP contribution < -0.4 is 5.32 Å². The van der Waals surface area contributed by atoms with Crippen LogP contribution in [0.3, 0.4) is 0 Å². The van der Waals surface area contributed by atoms with Crippen LogP contribution in [-0.4, -0.2) is 60.4 Å². The summed E-state index contributed by atoms with van der Waals surface area (Å²) in [7, 11) is 0. The molecule has 0 saturated carbocycles. The highest BCUT2D eigenvalue weighted by Crippen LogP contribution is 2.16. The third-order valence-electron chi connectivity index (χ3n) is 6.48. The Kier molecular flexibility index (Phi) is 12.4. The van der Waals surface area contributed by atoms with Crippen molar-refractivity contribution in [2.75, 3.05) is 13.2 Å². The van der Waals surface area contributed by atoms with Crippen LogP contribution >= 0.6 is 0 Å². The Morgan fingerprint density at radius 2 is 1.07 bits per heavy atom. The van der Waals surface area contributed by atoms with Gasteiger partial charge in [-0.1, -0.05) is 97.1 Å². The maximum atomic E-state index is 13.6. The molecule has 10 nitrogen and oxygen atoms in total. The van der Waals surface area contributed by atoms with E-state index in [0.717, 1.165) is 11.1 Å². The van der Waals surface area contributed by atoms with Gasteiger partial charge < -0.3 is 29.4 Å². The van der Waals surface area contributed by atoms with Crippen molar-refractivity contribution < 1.29 is 43.2 Å². The minimum absolute atomic E-state index is 0.0440. The molecule has 4 aromatic carbocycles. The lowest BCUT2D eigenvalue weighted by Crippen LogP contribution is -2.48. The Labute approximate surface area is 260 Å². The maximum absolute atomic E-state index is 13.6. The number of benzene rings is 4. The monoisotopic (exact) mass is 611 g/mol. The lowest BCUT2D eigenvalue weighted by Gasteiger charge is -2.26. The van der Waals surface area contributed by atoms with Gasteiger partial charge >= 0.3 is 23.9 Å². The first-order valence-corrected chi connectivity index (χ1v) is 14.2. The molecule has 4 rings (SSSR count). The Bertz CT molecular complexity index is 1470. The molecule has 0 radical (unpaired) electrons. The van der Waals surface area contributed by atoms with Gasteiger partial charge in [-0.05, 0) is 35.4 Å². The van der Waals surface area contributed by atoms with E-state index >= 15 is 0 Å². The molecule has 0 aliphatic carbocycles. The van der Waals surface area contributed by atoms with Gasteiger partial charge in [-0.15, -0.1) is 0 Å². The van der Waals surface area contributed by atoms with Crippen molar-refractivity contribution >= 4 is 23.9 Å². The topological polar surface area (TPSA) is 137 Å². The molecular weight excluding hydrogens is 578 g/mol. The van der Waals surface area contributed by atoms with Crippen molar-refractivity contribution in [3.8, 4) is 0 Å². The summed E-state index contributed by atoms with van der Waals surface area (Å²) in [5.41, 5.74) is 1.98. The molecule has 0 fully saturated rings. The maximum Gasteiger partial charge on any atom is 0.352 e. The summed E-state index contributed by atoms with van der Waals surface area (Å²) in [5.74, 6) is -4.95. The molecule has 3 unspecified atom stereocenters. The van der Waals surface area contributed by atoms with E-state index in [4.69, 9.17) is 18.9 Å². The zero-order valence-corrected chi connectivity index (χ0v) is 24.3. The smallest absolute Gasteiger partial charge is 0.352 e. The number of carboxylic acid groups (broad SMARTS) is 1. The molecule has 2 N–H and O–H groups in total. The van der Waals surface area contributed by atoms with E-state index in [-0.39, 0.29) is 30.9 Å². The van der Waals surface area contributed by atoms with Gasteiger partial charge in [0.25, 0.3) is 0 Å². The second-order valence-electron chi connectivity index (χ2n) is 9.90. The number of esters is 3. The zero-order valence-electron chi connectivity index (χ0n) is 24.3. The minimum Gasteiger partial charge on any atom is -0.478 e. The first kappa shape index (κ1) is 32.6. The van der Waals surface area contributed by atoms with Crippen molar-refractivity contribution in [2.45, 2.75) is 31.5 Å². The SMILES string of the molecule is O=C(OC(C(=O)O)C(OC(=O)c1ccccc1)C(=O)OC(CNCc1ccccc1)COCc1ccccc1)c1ccccc1. The molecule has 45 heavy (non-hydrogen) atoms. The summed E-state index contributed by atoms with van der Waals surface area (Å²) in [6.07, 6.45) is -5.27. The second kappa shape index (κ2) is 17.1. The van der Waals surface area contributed by atoms with Crippen LogP contribution in [0.4, 0.5) is 0 Å².